The van der Waals surface area contributed by atoms with Gasteiger partial charge in [-0.05, 0) is 36.6 Å². The standard InChI is InChI=1S/C16H14ClFN2O/c17-13-7-2-1-5-11(13)14-8-4-10-20(14)16(21)12-6-3-9-19-15(12)18/h1-3,5-7,9,14H,4,8,10H2. The number of aromatic nitrogens is 1. The molecular formula is C16H14ClFN2O. The number of halogens is 2. The highest BCUT2D eigenvalue weighted by molar-refractivity contribution is 6.31. The van der Waals surface area contributed by atoms with Gasteiger partial charge in [-0.1, -0.05) is 29.8 Å². The summed E-state index contributed by atoms with van der Waals surface area (Å²) < 4.78 is 13.7. The molecule has 1 aliphatic heterocycles. The van der Waals surface area contributed by atoms with Crippen molar-refractivity contribution < 1.29 is 9.18 Å². The highest BCUT2D eigenvalue weighted by Crippen LogP contribution is 2.36. The summed E-state index contributed by atoms with van der Waals surface area (Å²) in [6.07, 6.45) is 3.04. The quantitative estimate of drug-likeness (QED) is 0.790. The number of nitrogens with zero attached hydrogens (tertiary/aromatic N) is 2. The number of pyridine rings is 1. The molecule has 21 heavy (non-hydrogen) atoms. The summed E-state index contributed by atoms with van der Waals surface area (Å²) in [4.78, 5) is 17.8. The van der Waals surface area contributed by atoms with E-state index in [2.05, 4.69) is 4.98 Å². The summed E-state index contributed by atoms with van der Waals surface area (Å²) in [6, 6.07) is 10.4. The minimum absolute atomic E-state index is 0.0106. The Morgan fingerprint density at radius 3 is 2.86 bits per heavy atom. The minimum Gasteiger partial charge on any atom is -0.331 e. The molecule has 1 aromatic heterocycles. The van der Waals surface area contributed by atoms with Gasteiger partial charge in [0, 0.05) is 17.8 Å². The first-order valence-electron chi connectivity index (χ1n) is 6.84. The van der Waals surface area contributed by atoms with Gasteiger partial charge in [0.05, 0.1) is 11.6 Å². The van der Waals surface area contributed by atoms with Crippen LogP contribution in [-0.2, 0) is 0 Å². The van der Waals surface area contributed by atoms with Gasteiger partial charge in [0.1, 0.15) is 0 Å². The van der Waals surface area contributed by atoms with Crippen molar-refractivity contribution in [2.75, 3.05) is 6.54 Å². The Morgan fingerprint density at radius 2 is 2.10 bits per heavy atom. The molecule has 1 saturated heterocycles. The Kier molecular flexibility index (Phi) is 3.88. The lowest BCUT2D eigenvalue weighted by atomic mass is 10.0. The number of hydrogen-bond donors (Lipinski definition) is 0. The largest absolute Gasteiger partial charge is 0.331 e. The molecular weight excluding hydrogens is 291 g/mol. The topological polar surface area (TPSA) is 33.2 Å². The molecule has 0 aliphatic carbocycles. The van der Waals surface area contributed by atoms with E-state index < -0.39 is 5.95 Å². The van der Waals surface area contributed by atoms with E-state index in [-0.39, 0.29) is 17.5 Å². The van der Waals surface area contributed by atoms with Gasteiger partial charge in [0.15, 0.2) is 0 Å². The van der Waals surface area contributed by atoms with E-state index in [4.69, 9.17) is 11.6 Å². The van der Waals surface area contributed by atoms with Crippen molar-refractivity contribution in [1.82, 2.24) is 9.88 Å². The summed E-state index contributed by atoms with van der Waals surface area (Å²) in [5.74, 6) is -1.06. The van der Waals surface area contributed by atoms with Crippen molar-refractivity contribution in [3.63, 3.8) is 0 Å². The average Bonchev–Trinajstić information content (AvgIpc) is 2.97. The van der Waals surface area contributed by atoms with Crippen LogP contribution in [0.5, 0.6) is 0 Å². The Balaban J connectivity index is 1.93. The van der Waals surface area contributed by atoms with Crippen molar-refractivity contribution in [3.8, 4) is 0 Å². The molecule has 1 aromatic carbocycles. The summed E-state index contributed by atoms with van der Waals surface area (Å²) in [7, 11) is 0. The van der Waals surface area contributed by atoms with E-state index >= 15 is 0 Å². The van der Waals surface area contributed by atoms with Gasteiger partial charge in [0.25, 0.3) is 5.91 Å². The number of likely N-dealkylation sites (tertiary alicyclic amines) is 1. The zero-order valence-corrected chi connectivity index (χ0v) is 12.1. The highest BCUT2D eigenvalue weighted by atomic mass is 35.5. The maximum Gasteiger partial charge on any atom is 0.259 e. The minimum atomic E-state index is -0.729. The molecule has 2 heterocycles. The van der Waals surface area contributed by atoms with Crippen LogP contribution in [0, 0.1) is 5.95 Å². The van der Waals surface area contributed by atoms with E-state index in [1.54, 1.807) is 11.0 Å². The zero-order valence-electron chi connectivity index (χ0n) is 11.3. The van der Waals surface area contributed by atoms with Crippen molar-refractivity contribution in [3.05, 3.63) is 64.7 Å². The third kappa shape index (κ3) is 2.63. The molecule has 0 bridgehead atoms. The van der Waals surface area contributed by atoms with Gasteiger partial charge in [-0.3, -0.25) is 4.79 Å². The van der Waals surface area contributed by atoms with Gasteiger partial charge >= 0.3 is 0 Å². The fraction of sp³-hybridized carbons (Fsp3) is 0.250. The Morgan fingerprint density at radius 1 is 1.29 bits per heavy atom. The fourth-order valence-electron chi connectivity index (χ4n) is 2.78. The van der Waals surface area contributed by atoms with Crippen molar-refractivity contribution in [2.45, 2.75) is 18.9 Å². The number of hydrogen-bond acceptors (Lipinski definition) is 2. The molecule has 1 atom stereocenters. The number of rotatable bonds is 2. The first-order chi connectivity index (χ1) is 10.2. The average molecular weight is 305 g/mol. The lowest BCUT2D eigenvalue weighted by Gasteiger charge is -2.25. The summed E-state index contributed by atoms with van der Waals surface area (Å²) in [5.41, 5.74) is 0.922. The molecule has 0 N–H and O–H groups in total. The Hall–Kier alpha value is -1.94. The van der Waals surface area contributed by atoms with Crippen LogP contribution in [0.3, 0.4) is 0 Å². The van der Waals surface area contributed by atoms with Crippen LogP contribution in [0.15, 0.2) is 42.6 Å². The molecule has 2 aromatic rings. The third-order valence-electron chi connectivity index (χ3n) is 3.77. The van der Waals surface area contributed by atoms with Crippen LogP contribution in [0.4, 0.5) is 4.39 Å². The maximum atomic E-state index is 13.7. The third-order valence-corrected chi connectivity index (χ3v) is 4.11. The monoisotopic (exact) mass is 304 g/mol. The number of carbonyl (C=O) groups excluding carboxylic acids is 1. The number of benzene rings is 1. The molecule has 3 rings (SSSR count). The van der Waals surface area contributed by atoms with Crippen LogP contribution >= 0.6 is 11.6 Å². The van der Waals surface area contributed by atoms with Gasteiger partial charge in [-0.2, -0.15) is 4.39 Å². The molecule has 5 heteroatoms. The van der Waals surface area contributed by atoms with Crippen molar-refractivity contribution >= 4 is 17.5 Å². The van der Waals surface area contributed by atoms with Gasteiger partial charge in [0.2, 0.25) is 5.95 Å². The molecule has 1 amide bonds. The van der Waals surface area contributed by atoms with E-state index in [1.807, 2.05) is 24.3 Å². The van der Waals surface area contributed by atoms with E-state index in [0.717, 1.165) is 18.4 Å². The Labute approximate surface area is 127 Å². The van der Waals surface area contributed by atoms with Crippen LogP contribution < -0.4 is 0 Å². The van der Waals surface area contributed by atoms with Crippen molar-refractivity contribution in [2.24, 2.45) is 0 Å². The zero-order chi connectivity index (χ0) is 14.8. The second-order valence-corrected chi connectivity index (χ2v) is 5.43. The molecule has 108 valence electrons. The van der Waals surface area contributed by atoms with E-state index in [0.29, 0.717) is 11.6 Å². The smallest absolute Gasteiger partial charge is 0.259 e. The van der Waals surface area contributed by atoms with Gasteiger partial charge in [-0.15, -0.1) is 0 Å². The second-order valence-electron chi connectivity index (χ2n) is 5.02. The second kappa shape index (κ2) is 5.82. The van der Waals surface area contributed by atoms with Crippen molar-refractivity contribution in [1.29, 1.82) is 0 Å². The number of amides is 1. The predicted octanol–water partition coefficient (Wildman–Crippen LogP) is 3.85. The molecule has 1 aliphatic rings. The Bertz CT molecular complexity index is 677. The lowest BCUT2D eigenvalue weighted by Crippen LogP contribution is -2.31. The number of carbonyl (C=O) groups is 1. The van der Waals surface area contributed by atoms with Crippen LogP contribution in [0.2, 0.25) is 5.02 Å². The SMILES string of the molecule is O=C(c1cccnc1F)N1CCCC1c1ccccc1Cl. The molecule has 0 saturated carbocycles. The normalized spacial score (nSPS) is 18.0. The van der Waals surface area contributed by atoms with Gasteiger partial charge < -0.3 is 4.90 Å². The molecule has 1 unspecified atom stereocenters. The fourth-order valence-corrected chi connectivity index (χ4v) is 3.04. The van der Waals surface area contributed by atoms with E-state index in [9.17, 15) is 9.18 Å². The first-order valence-corrected chi connectivity index (χ1v) is 7.22. The highest BCUT2D eigenvalue weighted by Gasteiger charge is 2.32. The van der Waals surface area contributed by atoms with Gasteiger partial charge in [-0.25, -0.2) is 4.98 Å². The lowest BCUT2D eigenvalue weighted by molar-refractivity contribution is 0.0730. The first kappa shape index (κ1) is 14.0. The predicted molar refractivity (Wildman–Crippen MR) is 78.7 cm³/mol. The van der Waals surface area contributed by atoms with Crippen LogP contribution in [0.1, 0.15) is 34.8 Å². The summed E-state index contributed by atoms with van der Waals surface area (Å²) >= 11 is 6.23. The summed E-state index contributed by atoms with van der Waals surface area (Å²) in [5, 5.41) is 0.633. The molecule has 0 spiro atoms. The molecule has 3 nitrogen and oxygen atoms in total. The van der Waals surface area contributed by atoms with Crippen LogP contribution in [-0.4, -0.2) is 22.3 Å². The molecule has 0 radical (unpaired) electrons. The van der Waals surface area contributed by atoms with Crippen LogP contribution in [0.25, 0.3) is 0 Å². The molecule has 1 fully saturated rings. The van der Waals surface area contributed by atoms with E-state index in [1.165, 1.54) is 12.3 Å². The maximum absolute atomic E-state index is 13.7. The summed E-state index contributed by atoms with van der Waals surface area (Å²) in [6.45, 7) is 0.600.